The van der Waals surface area contributed by atoms with E-state index in [0.29, 0.717) is 11.4 Å². The van der Waals surface area contributed by atoms with Gasteiger partial charge in [0.2, 0.25) is 0 Å². The first-order chi connectivity index (χ1) is 13.0. The van der Waals surface area contributed by atoms with E-state index in [4.69, 9.17) is 5.10 Å². The topological polar surface area (TPSA) is 38.1 Å². The summed E-state index contributed by atoms with van der Waals surface area (Å²) in [5.41, 5.74) is 5.10. The first-order valence-electron chi connectivity index (χ1n) is 9.26. The van der Waals surface area contributed by atoms with Gasteiger partial charge in [0.1, 0.15) is 11.5 Å². The summed E-state index contributed by atoms with van der Waals surface area (Å²) in [6.07, 6.45) is 2.07. The van der Waals surface area contributed by atoms with Crippen LogP contribution in [-0.4, -0.2) is 33.7 Å². The number of carbonyl (C=O) groups excluding carboxylic acids is 1. The first-order valence-corrected chi connectivity index (χ1v) is 9.26. The van der Waals surface area contributed by atoms with Gasteiger partial charge in [-0.05, 0) is 68.7 Å². The molecule has 27 heavy (non-hydrogen) atoms. The van der Waals surface area contributed by atoms with Crippen molar-refractivity contribution < 1.29 is 9.18 Å². The summed E-state index contributed by atoms with van der Waals surface area (Å²) in [5, 5.41) is 4.71. The molecule has 4 nitrogen and oxygen atoms in total. The lowest BCUT2D eigenvalue weighted by atomic mass is 10.1. The standard InChI is InChI=1S/C22H22FN3O/c1-15-5-10-20(16(2)13-15)26-21(22(27)25-11-3-4-12-25)14-19(24-26)17-6-8-18(23)9-7-17/h5-10,13-14H,3-4,11-12H2,1-2H3. The van der Waals surface area contributed by atoms with Gasteiger partial charge in [-0.1, -0.05) is 17.7 Å². The summed E-state index contributed by atoms with van der Waals surface area (Å²) >= 11 is 0. The van der Waals surface area contributed by atoms with E-state index in [1.807, 2.05) is 36.9 Å². The van der Waals surface area contributed by atoms with E-state index < -0.39 is 0 Å². The van der Waals surface area contributed by atoms with Crippen LogP contribution in [0.25, 0.3) is 16.9 Å². The summed E-state index contributed by atoms with van der Waals surface area (Å²) in [5.74, 6) is -0.297. The van der Waals surface area contributed by atoms with Crippen molar-refractivity contribution in [2.75, 3.05) is 13.1 Å². The summed E-state index contributed by atoms with van der Waals surface area (Å²) in [7, 11) is 0. The number of likely N-dealkylation sites (tertiary alicyclic amines) is 1. The molecule has 0 saturated carbocycles. The molecule has 2 heterocycles. The fraction of sp³-hybridized carbons (Fsp3) is 0.273. The molecule has 1 aromatic heterocycles. The largest absolute Gasteiger partial charge is 0.337 e. The molecule has 1 saturated heterocycles. The molecular formula is C22H22FN3O. The maximum Gasteiger partial charge on any atom is 0.272 e. The molecule has 0 radical (unpaired) electrons. The lowest BCUT2D eigenvalue weighted by Crippen LogP contribution is -2.29. The Morgan fingerprint density at radius 1 is 1.00 bits per heavy atom. The van der Waals surface area contributed by atoms with Crippen molar-refractivity contribution in [2.45, 2.75) is 26.7 Å². The predicted octanol–water partition coefficient (Wildman–Crippen LogP) is 4.53. The van der Waals surface area contributed by atoms with E-state index >= 15 is 0 Å². The fourth-order valence-corrected chi connectivity index (χ4v) is 3.60. The quantitative estimate of drug-likeness (QED) is 0.686. The zero-order chi connectivity index (χ0) is 19.0. The van der Waals surface area contributed by atoms with Crippen LogP contribution in [0.2, 0.25) is 0 Å². The van der Waals surface area contributed by atoms with Crippen molar-refractivity contribution in [3.05, 3.63) is 71.2 Å². The van der Waals surface area contributed by atoms with Gasteiger partial charge in [-0.2, -0.15) is 5.10 Å². The van der Waals surface area contributed by atoms with Crippen LogP contribution in [0.5, 0.6) is 0 Å². The minimum atomic E-state index is -0.291. The maximum atomic E-state index is 13.3. The molecule has 138 valence electrons. The van der Waals surface area contributed by atoms with Crippen LogP contribution in [0.15, 0.2) is 48.5 Å². The van der Waals surface area contributed by atoms with Crippen LogP contribution in [0, 0.1) is 19.7 Å². The van der Waals surface area contributed by atoms with E-state index in [0.717, 1.165) is 48.3 Å². The van der Waals surface area contributed by atoms with Gasteiger partial charge >= 0.3 is 0 Å². The molecule has 4 rings (SSSR count). The van der Waals surface area contributed by atoms with Crippen LogP contribution in [0.4, 0.5) is 4.39 Å². The van der Waals surface area contributed by atoms with Crippen LogP contribution >= 0.6 is 0 Å². The summed E-state index contributed by atoms with van der Waals surface area (Å²) in [6.45, 7) is 5.62. The second kappa shape index (κ2) is 6.99. The van der Waals surface area contributed by atoms with Gasteiger partial charge < -0.3 is 4.90 Å². The number of carbonyl (C=O) groups is 1. The highest BCUT2D eigenvalue weighted by Crippen LogP contribution is 2.26. The molecule has 1 aliphatic rings. The Morgan fingerprint density at radius 3 is 2.37 bits per heavy atom. The Balaban J connectivity index is 1.84. The Labute approximate surface area is 158 Å². The number of benzene rings is 2. The van der Waals surface area contributed by atoms with E-state index in [9.17, 15) is 9.18 Å². The van der Waals surface area contributed by atoms with E-state index in [2.05, 4.69) is 6.07 Å². The summed E-state index contributed by atoms with van der Waals surface area (Å²) in [4.78, 5) is 15.0. The zero-order valence-corrected chi connectivity index (χ0v) is 15.6. The lowest BCUT2D eigenvalue weighted by molar-refractivity contribution is 0.0784. The molecule has 1 amide bonds. The minimum Gasteiger partial charge on any atom is -0.337 e. The van der Waals surface area contributed by atoms with Gasteiger partial charge in [0, 0.05) is 18.7 Å². The zero-order valence-electron chi connectivity index (χ0n) is 15.6. The Morgan fingerprint density at radius 2 is 1.70 bits per heavy atom. The summed E-state index contributed by atoms with van der Waals surface area (Å²) in [6, 6.07) is 14.1. The first kappa shape index (κ1) is 17.5. The third-order valence-corrected chi connectivity index (χ3v) is 5.04. The molecule has 1 fully saturated rings. The van der Waals surface area contributed by atoms with Crippen molar-refractivity contribution in [1.82, 2.24) is 14.7 Å². The average molecular weight is 363 g/mol. The summed E-state index contributed by atoms with van der Waals surface area (Å²) < 4.78 is 15.0. The Kier molecular flexibility index (Phi) is 4.52. The third-order valence-electron chi connectivity index (χ3n) is 5.04. The molecule has 0 unspecified atom stereocenters. The van der Waals surface area contributed by atoms with E-state index in [-0.39, 0.29) is 11.7 Å². The monoisotopic (exact) mass is 363 g/mol. The van der Waals surface area contributed by atoms with Gasteiger partial charge in [0.25, 0.3) is 5.91 Å². The van der Waals surface area contributed by atoms with Crippen molar-refractivity contribution in [3.8, 4) is 16.9 Å². The van der Waals surface area contributed by atoms with Crippen molar-refractivity contribution in [2.24, 2.45) is 0 Å². The predicted molar refractivity (Wildman–Crippen MR) is 104 cm³/mol. The molecule has 3 aromatic rings. The van der Waals surface area contributed by atoms with E-state index in [1.165, 1.54) is 12.1 Å². The van der Waals surface area contributed by atoms with E-state index in [1.54, 1.807) is 16.8 Å². The number of nitrogens with zero attached hydrogens (tertiary/aromatic N) is 3. The second-order valence-corrected chi connectivity index (χ2v) is 7.12. The average Bonchev–Trinajstić information content (AvgIpc) is 3.32. The fourth-order valence-electron chi connectivity index (χ4n) is 3.60. The molecule has 0 aliphatic carbocycles. The van der Waals surface area contributed by atoms with Gasteiger partial charge in [-0.15, -0.1) is 0 Å². The van der Waals surface area contributed by atoms with Crippen LogP contribution in [-0.2, 0) is 0 Å². The minimum absolute atomic E-state index is 0.00617. The number of aryl methyl sites for hydroxylation is 2. The number of hydrogen-bond acceptors (Lipinski definition) is 2. The smallest absolute Gasteiger partial charge is 0.272 e. The van der Waals surface area contributed by atoms with Gasteiger partial charge in [0.05, 0.1) is 11.4 Å². The van der Waals surface area contributed by atoms with Crippen LogP contribution in [0.1, 0.15) is 34.5 Å². The highest BCUT2D eigenvalue weighted by atomic mass is 19.1. The van der Waals surface area contributed by atoms with Crippen molar-refractivity contribution >= 4 is 5.91 Å². The van der Waals surface area contributed by atoms with Gasteiger partial charge in [-0.25, -0.2) is 9.07 Å². The lowest BCUT2D eigenvalue weighted by Gasteiger charge is -2.17. The molecule has 5 heteroatoms. The highest BCUT2D eigenvalue weighted by Gasteiger charge is 2.25. The van der Waals surface area contributed by atoms with Gasteiger partial charge in [-0.3, -0.25) is 4.79 Å². The molecule has 0 bridgehead atoms. The molecule has 1 aliphatic heterocycles. The SMILES string of the molecule is Cc1ccc(-n2nc(-c3ccc(F)cc3)cc2C(=O)N2CCCC2)c(C)c1. The molecule has 0 N–H and O–H groups in total. The maximum absolute atomic E-state index is 13.3. The highest BCUT2D eigenvalue weighted by molar-refractivity contribution is 5.94. The number of hydrogen-bond donors (Lipinski definition) is 0. The number of rotatable bonds is 3. The third kappa shape index (κ3) is 3.37. The molecule has 0 atom stereocenters. The molecule has 0 spiro atoms. The second-order valence-electron chi connectivity index (χ2n) is 7.12. The normalized spacial score (nSPS) is 14.0. The van der Waals surface area contributed by atoms with Crippen molar-refractivity contribution in [3.63, 3.8) is 0 Å². The van der Waals surface area contributed by atoms with Crippen LogP contribution < -0.4 is 0 Å². The number of amides is 1. The number of halogens is 1. The van der Waals surface area contributed by atoms with Gasteiger partial charge in [0.15, 0.2) is 0 Å². The molecular weight excluding hydrogens is 341 g/mol. The Bertz CT molecular complexity index is 985. The Hall–Kier alpha value is -2.95. The molecule has 2 aromatic carbocycles. The van der Waals surface area contributed by atoms with Crippen molar-refractivity contribution in [1.29, 1.82) is 0 Å². The number of aromatic nitrogens is 2. The van der Waals surface area contributed by atoms with Crippen LogP contribution in [0.3, 0.4) is 0 Å².